The lowest BCUT2D eigenvalue weighted by atomic mass is 10.4. The Labute approximate surface area is 88.6 Å². The molecule has 0 atom stereocenters. The number of ether oxygens (including phenoxy) is 1. The molecule has 0 saturated heterocycles. The molecule has 0 aromatic heterocycles. The second-order valence-electron chi connectivity index (χ2n) is 2.08. The second-order valence-corrected chi connectivity index (χ2v) is 7.07. The van der Waals surface area contributed by atoms with Crippen LogP contribution in [0.25, 0.3) is 0 Å². The molecule has 0 aliphatic carbocycles. The molecule has 6 heteroatoms. The summed E-state index contributed by atoms with van der Waals surface area (Å²) in [5, 5.41) is 0. The summed E-state index contributed by atoms with van der Waals surface area (Å²) >= 11 is 14.6. The van der Waals surface area contributed by atoms with Gasteiger partial charge < -0.3 is 4.74 Å². The summed E-state index contributed by atoms with van der Waals surface area (Å²) in [6.07, 6.45) is 0.500. The van der Waals surface area contributed by atoms with Crippen molar-refractivity contribution in [3.63, 3.8) is 0 Å². The molecule has 0 aromatic carbocycles. The third-order valence-corrected chi connectivity index (χ3v) is 0.656. The van der Waals surface area contributed by atoms with Crippen molar-refractivity contribution in [1.82, 2.24) is 0 Å². The van der Waals surface area contributed by atoms with E-state index in [-0.39, 0.29) is 12.1 Å². The average Bonchev–Trinajstić information content (AvgIpc) is 1.84. The minimum absolute atomic E-state index is 0.0300. The zero-order chi connectivity index (χ0) is 10.1. The maximum absolute atomic E-state index is 10.4. The molecule has 0 amide bonds. The molecule has 0 rings (SSSR count). The molecule has 0 bridgehead atoms. The molecule has 0 heterocycles. The van der Waals surface area contributed by atoms with Crippen LogP contribution < -0.4 is 0 Å². The van der Waals surface area contributed by atoms with Crippen molar-refractivity contribution in [1.29, 1.82) is 0 Å². The van der Waals surface area contributed by atoms with E-state index < -0.39 is 5.98 Å². The number of carbonyl (C=O) groups excluding carboxylic acids is 1. The van der Waals surface area contributed by atoms with Crippen LogP contribution in [0.3, 0.4) is 0 Å². The van der Waals surface area contributed by atoms with Crippen molar-refractivity contribution in [3.05, 3.63) is 0 Å². The SMILES string of the molecule is CCC(=O)OC(C)C.ClP(Cl)Cl. The summed E-state index contributed by atoms with van der Waals surface area (Å²) in [6, 6.07) is 0. The first-order chi connectivity index (χ1) is 5.40. The summed E-state index contributed by atoms with van der Waals surface area (Å²) in [5.41, 5.74) is 0. The molecule has 74 valence electrons. The molecule has 0 spiro atoms. The maximum atomic E-state index is 10.4. The number of carbonyl (C=O) groups is 1. The van der Waals surface area contributed by atoms with E-state index in [4.69, 9.17) is 38.5 Å². The van der Waals surface area contributed by atoms with Gasteiger partial charge in [-0.2, -0.15) is 0 Å². The summed E-state index contributed by atoms with van der Waals surface area (Å²) in [4.78, 5) is 10.4. The third kappa shape index (κ3) is 22.4. The maximum Gasteiger partial charge on any atom is 0.305 e. The smallest absolute Gasteiger partial charge is 0.305 e. The van der Waals surface area contributed by atoms with Gasteiger partial charge in [0.15, 0.2) is 5.98 Å². The predicted octanol–water partition coefficient (Wildman–Crippen LogP) is 4.28. The molecule has 0 aromatic rings. The molecule has 0 aliphatic rings. The Kier molecular flexibility index (Phi) is 12.5. The van der Waals surface area contributed by atoms with E-state index in [9.17, 15) is 4.79 Å². The quantitative estimate of drug-likeness (QED) is 0.542. The van der Waals surface area contributed by atoms with Crippen molar-refractivity contribution in [2.24, 2.45) is 0 Å². The second kappa shape index (κ2) is 9.85. The van der Waals surface area contributed by atoms with Gasteiger partial charge in [0.05, 0.1) is 6.10 Å². The topological polar surface area (TPSA) is 26.3 Å². The zero-order valence-electron chi connectivity index (χ0n) is 7.18. The van der Waals surface area contributed by atoms with Crippen LogP contribution in [0.4, 0.5) is 0 Å². The Morgan fingerprint density at radius 1 is 1.42 bits per heavy atom. The van der Waals surface area contributed by atoms with E-state index in [1.165, 1.54) is 0 Å². The molecular weight excluding hydrogens is 241 g/mol. The minimum atomic E-state index is -1.20. The van der Waals surface area contributed by atoms with Gasteiger partial charge >= 0.3 is 5.97 Å². The first-order valence-electron chi connectivity index (χ1n) is 3.37. The number of hydrogen-bond acceptors (Lipinski definition) is 2. The third-order valence-electron chi connectivity index (χ3n) is 0.656. The highest BCUT2D eigenvalue weighted by Gasteiger charge is 1.98. The lowest BCUT2D eigenvalue weighted by molar-refractivity contribution is -0.146. The lowest BCUT2D eigenvalue weighted by Gasteiger charge is -2.04. The van der Waals surface area contributed by atoms with Gasteiger partial charge in [0, 0.05) is 6.42 Å². The molecule has 0 saturated carbocycles. The van der Waals surface area contributed by atoms with E-state index in [1.54, 1.807) is 6.92 Å². The van der Waals surface area contributed by atoms with Crippen LogP contribution in [-0.4, -0.2) is 12.1 Å². The van der Waals surface area contributed by atoms with Crippen LogP contribution in [0.5, 0.6) is 0 Å². The number of halogens is 3. The fraction of sp³-hybridized carbons (Fsp3) is 0.833. The van der Waals surface area contributed by atoms with Crippen LogP contribution >= 0.6 is 39.7 Å². The Hall–Kier alpha value is 0.770. The molecular formula is C6H12Cl3O2P. The van der Waals surface area contributed by atoms with Gasteiger partial charge in [-0.3, -0.25) is 4.79 Å². The Morgan fingerprint density at radius 3 is 1.83 bits per heavy atom. The highest BCUT2D eigenvalue weighted by Crippen LogP contribution is 2.51. The van der Waals surface area contributed by atoms with Crippen molar-refractivity contribution < 1.29 is 9.53 Å². The Morgan fingerprint density at radius 2 is 1.75 bits per heavy atom. The molecule has 0 aliphatic heterocycles. The zero-order valence-corrected chi connectivity index (χ0v) is 10.3. The van der Waals surface area contributed by atoms with Crippen LogP contribution in [0, 0.1) is 0 Å². The standard InChI is InChI=1S/C6H12O2.Cl3P/c1-4-6(7)8-5(2)3;1-4(2)3/h5H,4H2,1-3H3;. The average molecular weight is 253 g/mol. The first-order valence-corrected chi connectivity index (χ1v) is 7.42. The van der Waals surface area contributed by atoms with Gasteiger partial charge in [-0.25, -0.2) is 0 Å². The summed E-state index contributed by atoms with van der Waals surface area (Å²) in [5.74, 6) is -1.33. The summed E-state index contributed by atoms with van der Waals surface area (Å²) in [7, 11) is 0. The monoisotopic (exact) mass is 252 g/mol. The van der Waals surface area contributed by atoms with Gasteiger partial charge in [0.25, 0.3) is 0 Å². The minimum Gasteiger partial charge on any atom is -0.463 e. The van der Waals surface area contributed by atoms with E-state index in [0.717, 1.165) is 0 Å². The highest BCUT2D eigenvalue weighted by atomic mass is 36.0. The summed E-state index contributed by atoms with van der Waals surface area (Å²) < 4.78 is 4.76. The van der Waals surface area contributed by atoms with Crippen molar-refractivity contribution in [3.8, 4) is 0 Å². The fourth-order valence-corrected chi connectivity index (χ4v) is 0.346. The van der Waals surface area contributed by atoms with Gasteiger partial charge in [0.1, 0.15) is 0 Å². The van der Waals surface area contributed by atoms with Crippen LogP contribution in [-0.2, 0) is 9.53 Å². The summed E-state index contributed by atoms with van der Waals surface area (Å²) in [6.45, 7) is 5.46. The number of hydrogen-bond donors (Lipinski definition) is 0. The number of esters is 1. The normalized spacial score (nSPS) is 9.33. The molecule has 2 nitrogen and oxygen atoms in total. The molecule has 0 fully saturated rings. The molecule has 12 heavy (non-hydrogen) atoms. The van der Waals surface area contributed by atoms with Gasteiger partial charge in [-0.1, -0.05) is 40.6 Å². The van der Waals surface area contributed by atoms with E-state index in [1.807, 2.05) is 13.8 Å². The van der Waals surface area contributed by atoms with Crippen LogP contribution in [0.1, 0.15) is 27.2 Å². The molecule has 0 N–H and O–H groups in total. The Bertz CT molecular complexity index is 117. The van der Waals surface area contributed by atoms with Gasteiger partial charge in [0.2, 0.25) is 0 Å². The van der Waals surface area contributed by atoms with Crippen LogP contribution in [0.2, 0.25) is 0 Å². The van der Waals surface area contributed by atoms with E-state index in [0.29, 0.717) is 6.42 Å². The van der Waals surface area contributed by atoms with Gasteiger partial charge in [-0.15, -0.1) is 0 Å². The number of rotatable bonds is 2. The van der Waals surface area contributed by atoms with Crippen LogP contribution in [0.15, 0.2) is 0 Å². The Balaban J connectivity index is 0. The van der Waals surface area contributed by atoms with E-state index >= 15 is 0 Å². The van der Waals surface area contributed by atoms with Crippen molar-refractivity contribution in [2.45, 2.75) is 33.3 Å². The highest BCUT2D eigenvalue weighted by molar-refractivity contribution is 8.20. The fourth-order valence-electron chi connectivity index (χ4n) is 0.346. The molecule has 0 radical (unpaired) electrons. The molecule has 0 unspecified atom stereocenters. The lowest BCUT2D eigenvalue weighted by Crippen LogP contribution is -2.09. The van der Waals surface area contributed by atoms with Crippen molar-refractivity contribution >= 4 is 45.7 Å². The largest absolute Gasteiger partial charge is 0.463 e. The van der Waals surface area contributed by atoms with Gasteiger partial charge in [-0.05, 0) is 13.8 Å². The van der Waals surface area contributed by atoms with E-state index in [2.05, 4.69) is 0 Å². The predicted molar refractivity (Wildman–Crippen MR) is 56.0 cm³/mol. The first kappa shape index (κ1) is 15.3. The van der Waals surface area contributed by atoms with Crippen molar-refractivity contribution in [2.75, 3.05) is 0 Å².